The van der Waals surface area contributed by atoms with Crippen LogP contribution in [0.15, 0.2) is 85.2 Å². The molecule has 0 atom stereocenters. The van der Waals surface area contributed by atoms with Crippen LogP contribution in [0.25, 0.3) is 22.5 Å². The van der Waals surface area contributed by atoms with Crippen LogP contribution in [0.1, 0.15) is 0 Å². The average molecular weight is 414 g/mol. The highest BCUT2D eigenvalue weighted by Crippen LogP contribution is 2.40. The van der Waals surface area contributed by atoms with Crippen LogP contribution in [0, 0.1) is 20.2 Å². The van der Waals surface area contributed by atoms with Crippen LogP contribution in [0.2, 0.25) is 0 Å². The summed E-state index contributed by atoms with van der Waals surface area (Å²) < 4.78 is 6.09. The number of nitro groups is 2. The van der Waals surface area contributed by atoms with Gasteiger partial charge in [-0.2, -0.15) is 0 Å². The van der Waals surface area contributed by atoms with Crippen molar-refractivity contribution in [1.82, 2.24) is 9.97 Å². The molecule has 2 heterocycles. The minimum Gasteiger partial charge on any atom is -0.456 e. The summed E-state index contributed by atoms with van der Waals surface area (Å²) in [7, 11) is 0. The van der Waals surface area contributed by atoms with Crippen molar-refractivity contribution < 1.29 is 14.6 Å². The van der Waals surface area contributed by atoms with E-state index in [2.05, 4.69) is 9.97 Å². The summed E-state index contributed by atoms with van der Waals surface area (Å²) in [4.78, 5) is 30.2. The Balaban J connectivity index is 1.83. The second-order valence-electron chi connectivity index (χ2n) is 6.35. The van der Waals surface area contributed by atoms with Gasteiger partial charge in [0.05, 0.1) is 9.85 Å². The Hall–Kier alpha value is -4.66. The third-order valence-corrected chi connectivity index (χ3v) is 4.47. The third kappa shape index (κ3) is 3.92. The number of hydrogen-bond acceptors (Lipinski definition) is 7. The van der Waals surface area contributed by atoms with Crippen LogP contribution >= 0.6 is 0 Å². The SMILES string of the molecule is O=[N+]([O-])c1cccnc1-c1ccccc1Oc1ccccc1-c1ncccc1[N+](=O)[O-]. The van der Waals surface area contributed by atoms with E-state index in [0.717, 1.165) is 0 Å². The normalized spacial score (nSPS) is 10.5. The number of para-hydroxylation sites is 2. The van der Waals surface area contributed by atoms with E-state index in [0.29, 0.717) is 22.6 Å². The lowest BCUT2D eigenvalue weighted by molar-refractivity contribution is -0.384. The smallest absolute Gasteiger partial charge is 0.295 e. The standard InChI is InChI=1S/C22H14N4O5/c27-25(28)17-9-5-13-23-21(17)15-7-1-3-11-19(15)31-20-12-4-2-8-16(20)22-18(26(29)30)10-6-14-24-22/h1-14H. The largest absolute Gasteiger partial charge is 0.456 e. The van der Waals surface area contributed by atoms with Gasteiger partial charge in [-0.25, -0.2) is 9.97 Å². The van der Waals surface area contributed by atoms with Gasteiger partial charge in [-0.1, -0.05) is 24.3 Å². The second-order valence-corrected chi connectivity index (χ2v) is 6.35. The Bertz CT molecular complexity index is 1190. The highest BCUT2D eigenvalue weighted by atomic mass is 16.6. The molecule has 0 aliphatic rings. The lowest BCUT2D eigenvalue weighted by Gasteiger charge is -2.14. The van der Waals surface area contributed by atoms with Crippen LogP contribution in [0.3, 0.4) is 0 Å². The summed E-state index contributed by atoms with van der Waals surface area (Å²) in [5, 5.41) is 22.9. The molecule has 152 valence electrons. The predicted octanol–water partition coefficient (Wildman–Crippen LogP) is 5.42. The molecule has 31 heavy (non-hydrogen) atoms. The Morgan fingerprint density at radius 3 is 1.45 bits per heavy atom. The predicted molar refractivity (Wildman–Crippen MR) is 113 cm³/mol. The van der Waals surface area contributed by atoms with E-state index in [-0.39, 0.29) is 22.8 Å². The number of aromatic nitrogens is 2. The van der Waals surface area contributed by atoms with E-state index < -0.39 is 9.85 Å². The molecule has 2 aromatic heterocycles. The molecule has 2 aromatic carbocycles. The Morgan fingerprint density at radius 1 is 0.613 bits per heavy atom. The van der Waals surface area contributed by atoms with Crippen LogP contribution in [-0.4, -0.2) is 19.8 Å². The molecule has 4 aromatic rings. The molecule has 0 aliphatic carbocycles. The van der Waals surface area contributed by atoms with Gasteiger partial charge in [0.25, 0.3) is 11.4 Å². The van der Waals surface area contributed by atoms with Crippen LogP contribution < -0.4 is 4.74 Å². The Kier molecular flexibility index (Phi) is 5.31. The molecule has 0 amide bonds. The van der Waals surface area contributed by atoms with Gasteiger partial charge < -0.3 is 4.74 Å². The molecule has 9 nitrogen and oxygen atoms in total. The first-order valence-corrected chi connectivity index (χ1v) is 9.11. The van der Waals surface area contributed by atoms with Gasteiger partial charge in [0.1, 0.15) is 11.5 Å². The molecule has 4 rings (SSSR count). The first-order chi connectivity index (χ1) is 15.1. The van der Waals surface area contributed by atoms with Crippen molar-refractivity contribution in [3.05, 3.63) is 105 Å². The zero-order valence-corrected chi connectivity index (χ0v) is 15.9. The van der Waals surface area contributed by atoms with E-state index in [1.165, 1.54) is 36.7 Å². The molecular formula is C22H14N4O5. The highest BCUT2D eigenvalue weighted by Gasteiger charge is 2.22. The van der Waals surface area contributed by atoms with Gasteiger partial charge in [0.15, 0.2) is 11.4 Å². The van der Waals surface area contributed by atoms with Gasteiger partial charge in [0, 0.05) is 35.7 Å². The van der Waals surface area contributed by atoms with E-state index in [4.69, 9.17) is 4.74 Å². The first kappa shape index (κ1) is 19.6. The first-order valence-electron chi connectivity index (χ1n) is 9.11. The molecular weight excluding hydrogens is 400 g/mol. The topological polar surface area (TPSA) is 121 Å². The Morgan fingerprint density at radius 2 is 1.03 bits per heavy atom. The van der Waals surface area contributed by atoms with Crippen LogP contribution in [-0.2, 0) is 0 Å². The Labute approximate surface area is 175 Å². The zero-order valence-electron chi connectivity index (χ0n) is 15.9. The van der Waals surface area contributed by atoms with Crippen molar-refractivity contribution in [1.29, 1.82) is 0 Å². The van der Waals surface area contributed by atoms with Gasteiger partial charge in [-0.15, -0.1) is 0 Å². The van der Waals surface area contributed by atoms with E-state index >= 15 is 0 Å². The summed E-state index contributed by atoms with van der Waals surface area (Å²) in [5.41, 5.74) is 0.827. The fourth-order valence-electron chi connectivity index (χ4n) is 3.12. The van der Waals surface area contributed by atoms with Crippen LogP contribution in [0.5, 0.6) is 11.5 Å². The number of nitrogens with zero attached hydrogens (tertiary/aromatic N) is 4. The lowest BCUT2D eigenvalue weighted by atomic mass is 10.1. The summed E-state index contributed by atoms with van der Waals surface area (Å²) in [5.74, 6) is 0.630. The maximum atomic E-state index is 11.5. The summed E-state index contributed by atoms with van der Waals surface area (Å²) in [6, 6.07) is 19.2. The average Bonchev–Trinajstić information content (AvgIpc) is 2.80. The van der Waals surface area contributed by atoms with E-state index in [1.807, 2.05) is 0 Å². The number of rotatable bonds is 6. The van der Waals surface area contributed by atoms with Crippen LogP contribution in [0.4, 0.5) is 11.4 Å². The molecule has 9 heteroatoms. The summed E-state index contributed by atoms with van der Waals surface area (Å²) in [6.45, 7) is 0. The van der Waals surface area contributed by atoms with Crippen molar-refractivity contribution in [2.75, 3.05) is 0 Å². The van der Waals surface area contributed by atoms with Crippen molar-refractivity contribution in [2.45, 2.75) is 0 Å². The number of hydrogen-bond donors (Lipinski definition) is 0. The molecule has 0 unspecified atom stereocenters. The third-order valence-electron chi connectivity index (χ3n) is 4.47. The number of pyridine rings is 2. The highest BCUT2D eigenvalue weighted by molar-refractivity contribution is 5.78. The van der Waals surface area contributed by atoms with Crippen molar-refractivity contribution in [3.63, 3.8) is 0 Å². The quantitative estimate of drug-likeness (QED) is 0.305. The van der Waals surface area contributed by atoms with Crippen molar-refractivity contribution in [3.8, 4) is 34.0 Å². The molecule has 0 spiro atoms. The molecule has 0 aliphatic heterocycles. The van der Waals surface area contributed by atoms with Crippen molar-refractivity contribution in [2.24, 2.45) is 0 Å². The molecule has 0 N–H and O–H groups in total. The van der Waals surface area contributed by atoms with Crippen molar-refractivity contribution >= 4 is 11.4 Å². The van der Waals surface area contributed by atoms with Gasteiger partial charge in [0.2, 0.25) is 0 Å². The molecule has 0 saturated heterocycles. The van der Waals surface area contributed by atoms with Gasteiger partial charge >= 0.3 is 0 Å². The molecule has 0 saturated carbocycles. The fourth-order valence-corrected chi connectivity index (χ4v) is 3.12. The molecule has 0 fully saturated rings. The van der Waals surface area contributed by atoms with E-state index in [1.54, 1.807) is 48.5 Å². The maximum Gasteiger partial charge on any atom is 0.295 e. The van der Waals surface area contributed by atoms with E-state index in [9.17, 15) is 20.2 Å². The summed E-state index contributed by atoms with van der Waals surface area (Å²) >= 11 is 0. The monoisotopic (exact) mass is 414 g/mol. The van der Waals surface area contributed by atoms with Gasteiger partial charge in [-0.05, 0) is 36.4 Å². The summed E-state index contributed by atoms with van der Waals surface area (Å²) in [6.07, 6.45) is 2.93. The molecule has 0 radical (unpaired) electrons. The number of ether oxygens (including phenoxy) is 1. The minimum absolute atomic E-state index is 0.157. The minimum atomic E-state index is -0.510. The maximum absolute atomic E-state index is 11.5. The number of benzene rings is 2. The lowest BCUT2D eigenvalue weighted by Crippen LogP contribution is -1.98. The van der Waals surface area contributed by atoms with Gasteiger partial charge in [-0.3, -0.25) is 20.2 Å². The second kappa shape index (κ2) is 8.37. The molecule has 0 bridgehead atoms. The fraction of sp³-hybridized carbons (Fsp3) is 0. The zero-order chi connectivity index (χ0) is 21.8.